The number of allylic oxidation sites excluding steroid dienone is 8. The zero-order chi connectivity index (χ0) is 39.4. The normalized spacial score (nSPS) is 17.6. The van der Waals surface area contributed by atoms with Gasteiger partial charge in [-0.15, -0.1) is 0 Å². The predicted octanol–water partition coefficient (Wildman–Crippen LogP) is 8.92. The van der Waals surface area contributed by atoms with Crippen LogP contribution in [0.1, 0.15) is 64.5 Å². The topological polar surface area (TPSA) is 133 Å². The van der Waals surface area contributed by atoms with Gasteiger partial charge in [0.15, 0.2) is 5.71 Å². The van der Waals surface area contributed by atoms with Crippen LogP contribution < -0.4 is 4.90 Å². The monoisotopic (exact) mass is 785 g/mol. The van der Waals surface area contributed by atoms with Crippen molar-refractivity contribution in [1.82, 2.24) is 0 Å². The third kappa shape index (κ3) is 9.01. The molecule has 4 aromatic rings. The zero-order valence-corrected chi connectivity index (χ0v) is 33.3. The standard InChI is InChI=1S/C43H48N2O8S2/c1-42(2)38(44(28-14-16-30-52-54(46,47)48)36-26-24-32-18-10-12-20-34(32)40(36)42)22-8-6-5-7-9-23-39-43(3,4)41-35-21-13-11-19-33(35)25-27-37(41)45(39)29-15-17-31-53-55(49,50)51/h5-13,18-27H,14-17,28-31H2,1-4H3,(H-,46,47,48,49,50,51)/p+1. The van der Waals surface area contributed by atoms with E-state index in [1.807, 2.05) is 42.5 Å². The van der Waals surface area contributed by atoms with Gasteiger partial charge in [0.2, 0.25) is 5.69 Å². The molecule has 0 fully saturated rings. The van der Waals surface area contributed by atoms with Crippen LogP contribution in [0.15, 0.2) is 121 Å². The van der Waals surface area contributed by atoms with E-state index in [2.05, 4.69) is 118 Å². The van der Waals surface area contributed by atoms with Gasteiger partial charge in [0.25, 0.3) is 0 Å². The maximum Gasteiger partial charge on any atom is 0.397 e. The molecule has 0 saturated heterocycles. The summed E-state index contributed by atoms with van der Waals surface area (Å²) < 4.78 is 73.5. The molecule has 2 aliphatic rings. The number of nitrogens with zero attached hydrogens (tertiary/aromatic N) is 2. The summed E-state index contributed by atoms with van der Waals surface area (Å²) in [5.74, 6) is 0. The smallest absolute Gasteiger partial charge is 0.344 e. The summed E-state index contributed by atoms with van der Waals surface area (Å²) in [4.78, 5) is 2.30. The van der Waals surface area contributed by atoms with E-state index >= 15 is 0 Å². The molecule has 12 heteroatoms. The Morgan fingerprint density at radius 1 is 0.655 bits per heavy atom. The van der Waals surface area contributed by atoms with Gasteiger partial charge in [-0.3, -0.25) is 9.11 Å². The molecule has 4 aromatic carbocycles. The van der Waals surface area contributed by atoms with Crippen molar-refractivity contribution in [1.29, 1.82) is 0 Å². The number of benzene rings is 4. The maximum atomic E-state index is 11.0. The Morgan fingerprint density at radius 3 is 1.87 bits per heavy atom. The number of anilines is 1. The molecule has 0 radical (unpaired) electrons. The van der Waals surface area contributed by atoms with E-state index in [1.165, 1.54) is 32.7 Å². The zero-order valence-electron chi connectivity index (χ0n) is 31.7. The first-order valence-corrected chi connectivity index (χ1v) is 21.3. The van der Waals surface area contributed by atoms with Gasteiger partial charge in [-0.2, -0.15) is 21.4 Å². The molecule has 2 aliphatic heterocycles. The number of fused-ring (bicyclic) bond motifs is 6. The second kappa shape index (κ2) is 16.4. The molecule has 0 aliphatic carbocycles. The van der Waals surface area contributed by atoms with E-state index in [4.69, 9.17) is 9.11 Å². The lowest BCUT2D eigenvalue weighted by Gasteiger charge is -2.27. The van der Waals surface area contributed by atoms with Crippen molar-refractivity contribution in [2.24, 2.45) is 0 Å². The van der Waals surface area contributed by atoms with Crippen molar-refractivity contribution in [3.8, 4) is 0 Å². The number of rotatable bonds is 16. The van der Waals surface area contributed by atoms with Crippen molar-refractivity contribution in [2.45, 2.75) is 64.2 Å². The van der Waals surface area contributed by atoms with Crippen LogP contribution in [0.25, 0.3) is 21.5 Å². The molecule has 0 unspecified atom stereocenters. The van der Waals surface area contributed by atoms with E-state index < -0.39 is 20.8 Å². The summed E-state index contributed by atoms with van der Waals surface area (Å²) in [5, 5.41) is 4.74. The molecule has 290 valence electrons. The molecule has 0 amide bonds. The summed E-state index contributed by atoms with van der Waals surface area (Å²) in [6.45, 7) is 10.1. The third-order valence-electron chi connectivity index (χ3n) is 10.5. The molecule has 0 atom stereocenters. The summed E-state index contributed by atoms with van der Waals surface area (Å²) in [5.41, 5.74) is 6.39. The molecule has 0 bridgehead atoms. The Labute approximate surface area is 324 Å². The van der Waals surface area contributed by atoms with Gasteiger partial charge >= 0.3 is 20.8 Å². The summed E-state index contributed by atoms with van der Waals surface area (Å²) in [6.07, 6.45) is 16.6. The largest absolute Gasteiger partial charge is 0.397 e. The van der Waals surface area contributed by atoms with E-state index in [9.17, 15) is 16.8 Å². The molecular weight excluding hydrogens is 737 g/mol. The van der Waals surface area contributed by atoms with Crippen LogP contribution in [-0.2, 0) is 40.0 Å². The SMILES string of the molecule is CC1(C)C(=CC=CC=CC=CC2=[N+](CCCCOS(=O)(=O)O)c3ccc4ccccc4c3C2(C)C)N(CCCCOS(=O)(=O)O)c2ccc3ccccc3c21. The molecular formula is C43H49N2O8S2+. The van der Waals surface area contributed by atoms with Crippen LogP contribution in [0, 0.1) is 0 Å². The Morgan fingerprint density at radius 2 is 1.22 bits per heavy atom. The van der Waals surface area contributed by atoms with Gasteiger partial charge in [0, 0.05) is 47.5 Å². The molecule has 6 rings (SSSR count). The molecule has 55 heavy (non-hydrogen) atoms. The van der Waals surface area contributed by atoms with Crippen LogP contribution in [-0.4, -0.2) is 62.5 Å². The van der Waals surface area contributed by atoms with Gasteiger partial charge in [-0.05, 0) is 78.4 Å². The fourth-order valence-electron chi connectivity index (χ4n) is 8.11. The highest BCUT2D eigenvalue weighted by Crippen LogP contribution is 2.51. The lowest BCUT2D eigenvalue weighted by Crippen LogP contribution is -2.28. The van der Waals surface area contributed by atoms with Crippen LogP contribution in [0.2, 0.25) is 0 Å². The van der Waals surface area contributed by atoms with Gasteiger partial charge in [-0.1, -0.05) is 98.8 Å². The van der Waals surface area contributed by atoms with Crippen LogP contribution in [0.5, 0.6) is 0 Å². The van der Waals surface area contributed by atoms with Gasteiger partial charge in [0.1, 0.15) is 6.54 Å². The molecule has 2 N–H and O–H groups in total. The third-order valence-corrected chi connectivity index (χ3v) is 11.4. The fraction of sp³-hybridized carbons (Fsp3) is 0.326. The van der Waals surface area contributed by atoms with Crippen LogP contribution >= 0.6 is 0 Å². The average molecular weight is 786 g/mol. The highest BCUT2D eigenvalue weighted by atomic mass is 32.3. The lowest BCUT2D eigenvalue weighted by atomic mass is 9.79. The van der Waals surface area contributed by atoms with Crippen LogP contribution in [0.4, 0.5) is 11.4 Å². The van der Waals surface area contributed by atoms with Gasteiger partial charge < -0.3 is 4.90 Å². The molecule has 0 aromatic heterocycles. The molecule has 10 nitrogen and oxygen atoms in total. The fourth-order valence-corrected chi connectivity index (χ4v) is 8.77. The first kappa shape index (κ1) is 40.2. The minimum Gasteiger partial charge on any atom is -0.344 e. The van der Waals surface area contributed by atoms with E-state index in [1.54, 1.807) is 0 Å². The lowest BCUT2D eigenvalue weighted by molar-refractivity contribution is -0.438. The van der Waals surface area contributed by atoms with Gasteiger partial charge in [0.05, 0.1) is 18.6 Å². The Kier molecular flexibility index (Phi) is 12.0. The van der Waals surface area contributed by atoms with Gasteiger partial charge in [-0.25, -0.2) is 8.37 Å². The Balaban J connectivity index is 1.23. The number of hydrogen-bond acceptors (Lipinski definition) is 7. The van der Waals surface area contributed by atoms with Crippen LogP contribution in [0.3, 0.4) is 0 Å². The van der Waals surface area contributed by atoms with Crippen molar-refractivity contribution in [3.63, 3.8) is 0 Å². The average Bonchev–Trinajstić information content (AvgIpc) is 3.48. The van der Waals surface area contributed by atoms with Crippen molar-refractivity contribution in [3.05, 3.63) is 132 Å². The Bertz CT molecular complexity index is 2460. The second-order valence-corrected chi connectivity index (χ2v) is 17.1. The predicted molar refractivity (Wildman–Crippen MR) is 220 cm³/mol. The van der Waals surface area contributed by atoms with E-state index in [-0.39, 0.29) is 24.0 Å². The van der Waals surface area contributed by atoms with Crippen molar-refractivity contribution >= 4 is 59.4 Å². The number of hydrogen-bond donors (Lipinski definition) is 2. The highest BCUT2D eigenvalue weighted by molar-refractivity contribution is 7.81. The molecule has 2 heterocycles. The Hall–Kier alpha value is -4.43. The number of unbranched alkanes of at least 4 members (excludes halogenated alkanes) is 2. The summed E-state index contributed by atoms with van der Waals surface area (Å²) in [6, 6.07) is 25.3. The second-order valence-electron chi connectivity index (χ2n) is 14.9. The first-order chi connectivity index (χ1) is 26.1. The van der Waals surface area contributed by atoms with E-state index in [0.717, 1.165) is 22.8 Å². The quantitative estimate of drug-likeness (QED) is 0.0495. The summed E-state index contributed by atoms with van der Waals surface area (Å²) >= 11 is 0. The summed E-state index contributed by atoms with van der Waals surface area (Å²) in [7, 11) is -8.94. The van der Waals surface area contributed by atoms with Crippen molar-refractivity contribution < 1.29 is 38.9 Å². The first-order valence-electron chi connectivity index (χ1n) is 18.5. The minimum absolute atomic E-state index is 0.0827. The minimum atomic E-state index is -4.47. The molecule has 0 saturated carbocycles. The molecule has 0 spiro atoms. The maximum absolute atomic E-state index is 11.0. The van der Waals surface area contributed by atoms with E-state index in [0.29, 0.717) is 38.8 Å². The van der Waals surface area contributed by atoms with Crippen molar-refractivity contribution in [2.75, 3.05) is 31.2 Å². The highest BCUT2D eigenvalue weighted by Gasteiger charge is 2.45.